The quantitative estimate of drug-likeness (QED) is 0.923. The fourth-order valence-corrected chi connectivity index (χ4v) is 3.43. The first-order chi connectivity index (χ1) is 9.63. The topological polar surface area (TPSA) is 64.2 Å². The number of likely N-dealkylation sites (tertiary alicyclic amines) is 1. The number of hydrogen-bond donors (Lipinski definition) is 1. The number of nitrogens with zero attached hydrogens (tertiary/aromatic N) is 3. The van der Waals surface area contributed by atoms with Crippen molar-refractivity contribution in [1.82, 2.24) is 14.7 Å². The second-order valence-electron chi connectivity index (χ2n) is 5.15. The van der Waals surface area contributed by atoms with E-state index in [0.29, 0.717) is 11.9 Å². The Morgan fingerprint density at radius 1 is 1.35 bits per heavy atom. The van der Waals surface area contributed by atoms with Crippen LogP contribution in [0.4, 0.5) is 5.82 Å². The predicted molar refractivity (Wildman–Crippen MR) is 79.9 cm³/mol. The maximum atomic E-state index is 12.4. The van der Waals surface area contributed by atoms with Crippen molar-refractivity contribution in [1.29, 1.82) is 0 Å². The van der Waals surface area contributed by atoms with Crippen molar-refractivity contribution in [2.24, 2.45) is 0 Å². The molecule has 5 nitrogen and oxygen atoms in total. The van der Waals surface area contributed by atoms with Crippen LogP contribution in [0.5, 0.6) is 0 Å². The van der Waals surface area contributed by atoms with Crippen molar-refractivity contribution >= 4 is 23.1 Å². The number of hydrogen-bond acceptors (Lipinski definition) is 4. The lowest BCUT2D eigenvalue weighted by molar-refractivity contribution is 0.0695. The van der Waals surface area contributed by atoms with E-state index in [1.54, 1.807) is 11.3 Å². The molecule has 3 rings (SSSR count). The first-order valence-electron chi connectivity index (χ1n) is 6.80. The van der Waals surface area contributed by atoms with Gasteiger partial charge >= 0.3 is 0 Å². The zero-order chi connectivity index (χ0) is 14.1. The highest BCUT2D eigenvalue weighted by Crippen LogP contribution is 2.25. The molecule has 3 heterocycles. The van der Waals surface area contributed by atoms with Gasteiger partial charge in [0.1, 0.15) is 5.82 Å². The van der Waals surface area contributed by atoms with Gasteiger partial charge in [-0.05, 0) is 38.0 Å². The van der Waals surface area contributed by atoms with Crippen LogP contribution >= 0.6 is 11.3 Å². The van der Waals surface area contributed by atoms with Gasteiger partial charge in [0.2, 0.25) is 0 Å². The molecule has 0 aromatic carbocycles. The smallest absolute Gasteiger partial charge is 0.263 e. The molecule has 1 aliphatic heterocycles. The summed E-state index contributed by atoms with van der Waals surface area (Å²) < 4.78 is 1.92. The standard InChI is InChI=1S/C14H18N4OS/c1-10-2-3-12(20-10)14(19)17-7-4-11(5-8-17)18-9-6-13(15)16-18/h2-3,6,9,11H,4-5,7-8H2,1H3,(H2,15,16). The summed E-state index contributed by atoms with van der Waals surface area (Å²) in [5, 5.41) is 4.26. The van der Waals surface area contributed by atoms with Crippen molar-refractivity contribution in [2.45, 2.75) is 25.8 Å². The summed E-state index contributed by atoms with van der Waals surface area (Å²) in [6.45, 7) is 3.58. The average molecular weight is 290 g/mol. The molecule has 20 heavy (non-hydrogen) atoms. The lowest BCUT2D eigenvalue weighted by atomic mass is 10.1. The van der Waals surface area contributed by atoms with Crippen LogP contribution in [-0.4, -0.2) is 33.7 Å². The van der Waals surface area contributed by atoms with E-state index in [1.807, 2.05) is 40.9 Å². The second kappa shape index (κ2) is 5.28. The molecule has 0 spiro atoms. The average Bonchev–Trinajstić information content (AvgIpc) is 3.07. The maximum Gasteiger partial charge on any atom is 0.263 e. The van der Waals surface area contributed by atoms with E-state index in [0.717, 1.165) is 30.8 Å². The van der Waals surface area contributed by atoms with Crippen molar-refractivity contribution in [3.05, 3.63) is 34.2 Å². The molecule has 1 fully saturated rings. The van der Waals surface area contributed by atoms with E-state index in [9.17, 15) is 4.79 Å². The SMILES string of the molecule is Cc1ccc(C(=O)N2CCC(n3ccc(N)n3)CC2)s1. The third-order valence-electron chi connectivity index (χ3n) is 3.71. The number of carbonyl (C=O) groups is 1. The van der Waals surface area contributed by atoms with E-state index in [4.69, 9.17) is 5.73 Å². The first-order valence-corrected chi connectivity index (χ1v) is 7.61. The molecule has 2 aromatic heterocycles. The molecule has 1 amide bonds. The normalized spacial score (nSPS) is 16.6. The van der Waals surface area contributed by atoms with Crippen molar-refractivity contribution in [3.63, 3.8) is 0 Å². The van der Waals surface area contributed by atoms with Crippen molar-refractivity contribution in [3.8, 4) is 0 Å². The number of thiophene rings is 1. The molecule has 2 N–H and O–H groups in total. The Labute approximate surface area is 122 Å². The highest BCUT2D eigenvalue weighted by molar-refractivity contribution is 7.13. The summed E-state index contributed by atoms with van der Waals surface area (Å²) >= 11 is 1.56. The molecule has 6 heteroatoms. The number of nitrogen functional groups attached to an aromatic ring is 1. The molecule has 1 aliphatic rings. The Balaban J connectivity index is 1.62. The molecule has 0 saturated carbocycles. The molecule has 2 aromatic rings. The highest BCUT2D eigenvalue weighted by atomic mass is 32.1. The molecular formula is C14H18N4OS. The maximum absolute atomic E-state index is 12.4. The van der Waals surface area contributed by atoms with Gasteiger partial charge < -0.3 is 10.6 Å². The Kier molecular flexibility index (Phi) is 3.48. The van der Waals surface area contributed by atoms with Gasteiger partial charge in [-0.25, -0.2) is 0 Å². The lowest BCUT2D eigenvalue weighted by Gasteiger charge is -2.31. The van der Waals surface area contributed by atoms with Gasteiger partial charge in [0, 0.05) is 24.2 Å². The highest BCUT2D eigenvalue weighted by Gasteiger charge is 2.25. The summed E-state index contributed by atoms with van der Waals surface area (Å²) in [6.07, 6.45) is 3.77. The number of rotatable bonds is 2. The zero-order valence-corrected chi connectivity index (χ0v) is 12.3. The summed E-state index contributed by atoms with van der Waals surface area (Å²) in [4.78, 5) is 16.3. The van der Waals surface area contributed by atoms with Crippen LogP contribution in [0.25, 0.3) is 0 Å². The number of carbonyl (C=O) groups excluding carboxylic acids is 1. The van der Waals surface area contributed by atoms with Crippen LogP contribution in [0.3, 0.4) is 0 Å². The van der Waals surface area contributed by atoms with Crippen LogP contribution in [0.1, 0.15) is 33.4 Å². The first kappa shape index (κ1) is 13.2. The van der Waals surface area contributed by atoms with Crippen LogP contribution in [0.2, 0.25) is 0 Å². The van der Waals surface area contributed by atoms with E-state index >= 15 is 0 Å². The minimum atomic E-state index is 0.154. The van der Waals surface area contributed by atoms with Gasteiger partial charge in [-0.2, -0.15) is 5.10 Å². The number of anilines is 1. The number of aryl methyl sites for hydroxylation is 1. The Morgan fingerprint density at radius 2 is 2.10 bits per heavy atom. The summed E-state index contributed by atoms with van der Waals surface area (Å²) in [6, 6.07) is 6.08. The number of aromatic nitrogens is 2. The predicted octanol–water partition coefficient (Wildman–Crippen LogP) is 2.31. The Hall–Kier alpha value is -1.82. The molecule has 1 saturated heterocycles. The molecule has 106 valence electrons. The number of nitrogens with two attached hydrogens (primary N) is 1. The number of amides is 1. The van der Waals surface area contributed by atoms with E-state index in [-0.39, 0.29) is 5.91 Å². The minimum Gasteiger partial charge on any atom is -0.382 e. The molecule has 0 bridgehead atoms. The van der Waals surface area contributed by atoms with Gasteiger partial charge in [-0.3, -0.25) is 9.48 Å². The van der Waals surface area contributed by atoms with E-state index in [1.165, 1.54) is 4.88 Å². The van der Waals surface area contributed by atoms with Crippen LogP contribution in [-0.2, 0) is 0 Å². The molecular weight excluding hydrogens is 272 g/mol. The fourth-order valence-electron chi connectivity index (χ4n) is 2.59. The molecule has 0 unspecified atom stereocenters. The van der Waals surface area contributed by atoms with Crippen LogP contribution in [0, 0.1) is 6.92 Å². The summed E-state index contributed by atoms with van der Waals surface area (Å²) in [7, 11) is 0. The lowest BCUT2D eigenvalue weighted by Crippen LogP contribution is -2.38. The van der Waals surface area contributed by atoms with Gasteiger partial charge in [-0.1, -0.05) is 0 Å². The van der Waals surface area contributed by atoms with Gasteiger partial charge in [0.25, 0.3) is 5.91 Å². The van der Waals surface area contributed by atoms with Gasteiger partial charge in [-0.15, -0.1) is 11.3 Å². The second-order valence-corrected chi connectivity index (χ2v) is 6.44. The van der Waals surface area contributed by atoms with Crippen LogP contribution in [0.15, 0.2) is 24.4 Å². The third kappa shape index (κ3) is 2.56. The largest absolute Gasteiger partial charge is 0.382 e. The summed E-state index contributed by atoms with van der Waals surface area (Å²) in [5.74, 6) is 0.707. The Morgan fingerprint density at radius 3 is 2.65 bits per heavy atom. The van der Waals surface area contributed by atoms with Gasteiger partial charge in [0.05, 0.1) is 10.9 Å². The molecule has 0 atom stereocenters. The number of piperidine rings is 1. The Bertz CT molecular complexity index is 610. The monoisotopic (exact) mass is 290 g/mol. The van der Waals surface area contributed by atoms with Crippen LogP contribution < -0.4 is 5.73 Å². The fraction of sp³-hybridized carbons (Fsp3) is 0.429. The minimum absolute atomic E-state index is 0.154. The molecule has 0 aliphatic carbocycles. The van der Waals surface area contributed by atoms with E-state index in [2.05, 4.69) is 5.10 Å². The zero-order valence-electron chi connectivity index (χ0n) is 11.5. The van der Waals surface area contributed by atoms with E-state index < -0.39 is 0 Å². The van der Waals surface area contributed by atoms with Crippen molar-refractivity contribution in [2.75, 3.05) is 18.8 Å². The van der Waals surface area contributed by atoms with Gasteiger partial charge in [0.15, 0.2) is 0 Å². The molecule has 0 radical (unpaired) electrons. The summed E-state index contributed by atoms with van der Waals surface area (Å²) in [5.41, 5.74) is 5.64. The third-order valence-corrected chi connectivity index (χ3v) is 4.69. The van der Waals surface area contributed by atoms with Crippen molar-refractivity contribution < 1.29 is 4.79 Å².